The van der Waals surface area contributed by atoms with Gasteiger partial charge in [0.15, 0.2) is 0 Å². The fraction of sp³-hybridized carbons (Fsp3) is 0.894. The van der Waals surface area contributed by atoms with Crippen molar-refractivity contribution < 1.29 is 24.0 Å². The Labute approximate surface area is 363 Å². The van der Waals surface area contributed by atoms with E-state index in [0.717, 1.165) is 52.4 Å². The molecule has 0 atom stereocenters. The van der Waals surface area contributed by atoms with Gasteiger partial charge in [0.05, 0.1) is 13.1 Å². The summed E-state index contributed by atoms with van der Waals surface area (Å²) in [5, 5.41) is 8.90. The predicted octanol–water partition coefficient (Wildman–Crippen LogP) is 7.15. The number of rotatable bonds is 7. The fourth-order valence-corrected chi connectivity index (χ4v) is 6.20. The SMILES string of the molecule is C.CC(=O)C(C)(C)C.CC(C)(C)C(=O)N1CCCC1.CC(C)(C)C(=O)NCCN1CCCC1.CC(C)(C)NC(=O)CN1CCCC1.CC(C)(C)NC(=O)CN1CCCC1. The number of carbonyl (C=O) groups excluding carboxylic acids is 5. The minimum Gasteiger partial charge on any atom is -0.354 e. The summed E-state index contributed by atoms with van der Waals surface area (Å²) in [6.45, 7) is 42.8. The topological polar surface area (TPSA) is 134 Å². The third-order valence-electron chi connectivity index (χ3n) is 9.85. The number of ketones is 1. The largest absolute Gasteiger partial charge is 0.354 e. The van der Waals surface area contributed by atoms with E-state index in [1.807, 2.05) is 109 Å². The maximum Gasteiger partial charge on any atom is 0.234 e. The quantitative estimate of drug-likeness (QED) is 0.246. The third-order valence-corrected chi connectivity index (χ3v) is 9.85. The first-order valence-electron chi connectivity index (χ1n) is 22.3. The average molecular weight is 838 g/mol. The maximum atomic E-state index is 11.6. The average Bonchev–Trinajstić information content (AvgIpc) is 3.88. The molecule has 4 saturated heterocycles. The van der Waals surface area contributed by atoms with E-state index in [4.69, 9.17) is 0 Å². The van der Waals surface area contributed by atoms with Gasteiger partial charge in [-0.15, -0.1) is 0 Å². The maximum absolute atomic E-state index is 11.6. The normalized spacial score (nSPS) is 17.7. The van der Waals surface area contributed by atoms with Crippen molar-refractivity contribution in [3.05, 3.63) is 0 Å². The summed E-state index contributed by atoms with van der Waals surface area (Å²) < 4.78 is 0. The minimum absolute atomic E-state index is 0. The first-order chi connectivity index (χ1) is 26.4. The van der Waals surface area contributed by atoms with Crippen molar-refractivity contribution in [1.29, 1.82) is 0 Å². The van der Waals surface area contributed by atoms with Crippen molar-refractivity contribution in [2.24, 2.45) is 16.2 Å². The van der Waals surface area contributed by atoms with Crippen LogP contribution in [-0.4, -0.2) is 139 Å². The molecule has 3 N–H and O–H groups in total. The lowest BCUT2D eigenvalue weighted by Crippen LogP contribution is -2.45. The molecule has 348 valence electrons. The van der Waals surface area contributed by atoms with Crippen LogP contribution in [0.4, 0.5) is 0 Å². The van der Waals surface area contributed by atoms with Gasteiger partial charge in [-0.2, -0.15) is 0 Å². The highest BCUT2D eigenvalue weighted by Crippen LogP contribution is 2.20. The van der Waals surface area contributed by atoms with Gasteiger partial charge in [-0.05, 0) is 139 Å². The molecule has 0 aromatic rings. The van der Waals surface area contributed by atoms with Crippen LogP contribution in [0.1, 0.15) is 170 Å². The zero-order chi connectivity index (χ0) is 45.0. The number of nitrogens with zero attached hydrogens (tertiary/aromatic N) is 4. The van der Waals surface area contributed by atoms with Crippen LogP contribution in [-0.2, 0) is 24.0 Å². The zero-order valence-corrected chi connectivity index (χ0v) is 40.5. The summed E-state index contributed by atoms with van der Waals surface area (Å²) >= 11 is 0. The van der Waals surface area contributed by atoms with Gasteiger partial charge in [-0.3, -0.25) is 33.8 Å². The third kappa shape index (κ3) is 31.0. The first kappa shape index (κ1) is 58.5. The Balaban J connectivity index is 0. The summed E-state index contributed by atoms with van der Waals surface area (Å²) in [4.78, 5) is 65.3. The van der Waals surface area contributed by atoms with E-state index in [2.05, 4.69) is 30.7 Å². The summed E-state index contributed by atoms with van der Waals surface area (Å²) in [6, 6.07) is 0. The molecule has 0 spiro atoms. The fourth-order valence-electron chi connectivity index (χ4n) is 6.20. The Bertz CT molecular complexity index is 1170. The number of hydrogen-bond acceptors (Lipinski definition) is 8. The highest BCUT2D eigenvalue weighted by atomic mass is 16.2. The van der Waals surface area contributed by atoms with Crippen LogP contribution in [0.5, 0.6) is 0 Å². The Morgan fingerprint density at radius 2 is 0.763 bits per heavy atom. The molecule has 12 heteroatoms. The van der Waals surface area contributed by atoms with Crippen molar-refractivity contribution >= 4 is 29.4 Å². The molecule has 59 heavy (non-hydrogen) atoms. The van der Waals surface area contributed by atoms with Crippen molar-refractivity contribution in [2.45, 2.75) is 181 Å². The molecular weight excluding hydrogens is 743 g/mol. The lowest BCUT2D eigenvalue weighted by Gasteiger charge is -2.25. The van der Waals surface area contributed by atoms with Gasteiger partial charge in [-0.25, -0.2) is 0 Å². The van der Waals surface area contributed by atoms with E-state index >= 15 is 0 Å². The predicted molar refractivity (Wildman–Crippen MR) is 247 cm³/mol. The molecular formula is C47H95N7O5. The summed E-state index contributed by atoms with van der Waals surface area (Å²) in [7, 11) is 0. The summed E-state index contributed by atoms with van der Waals surface area (Å²) in [5.74, 6) is 0.989. The van der Waals surface area contributed by atoms with Crippen LogP contribution >= 0.6 is 0 Å². The number of nitrogens with one attached hydrogen (secondary N) is 3. The Morgan fingerprint density at radius 3 is 1.03 bits per heavy atom. The van der Waals surface area contributed by atoms with Crippen molar-refractivity contribution in [2.75, 3.05) is 78.5 Å². The molecule has 4 heterocycles. The smallest absolute Gasteiger partial charge is 0.234 e. The molecule has 4 aliphatic rings. The number of amides is 4. The molecule has 0 saturated carbocycles. The van der Waals surface area contributed by atoms with Gasteiger partial charge in [0.1, 0.15) is 5.78 Å². The van der Waals surface area contributed by atoms with Crippen molar-refractivity contribution in [3.63, 3.8) is 0 Å². The Hall–Kier alpha value is -2.57. The van der Waals surface area contributed by atoms with Crippen LogP contribution in [0.2, 0.25) is 0 Å². The second-order valence-electron chi connectivity index (χ2n) is 21.7. The molecule has 0 aromatic heterocycles. The Kier molecular flexibility index (Phi) is 27.2. The van der Waals surface area contributed by atoms with E-state index in [0.29, 0.717) is 19.0 Å². The van der Waals surface area contributed by atoms with Gasteiger partial charge < -0.3 is 25.8 Å². The lowest BCUT2D eigenvalue weighted by molar-refractivity contribution is -0.138. The van der Waals surface area contributed by atoms with Crippen molar-refractivity contribution in [1.82, 2.24) is 35.6 Å². The number of carbonyl (C=O) groups is 5. The first-order valence-corrected chi connectivity index (χ1v) is 22.3. The highest BCUT2D eigenvalue weighted by molar-refractivity contribution is 5.82. The molecule has 0 bridgehead atoms. The minimum atomic E-state index is -0.259. The second-order valence-corrected chi connectivity index (χ2v) is 21.7. The Morgan fingerprint density at radius 1 is 0.458 bits per heavy atom. The van der Waals surface area contributed by atoms with E-state index in [-0.39, 0.29) is 58.3 Å². The van der Waals surface area contributed by atoms with Crippen LogP contribution in [0, 0.1) is 16.2 Å². The molecule has 4 amide bonds. The number of Topliss-reactive ketones (excluding diaryl/α,β-unsaturated/α-hetero) is 1. The van der Waals surface area contributed by atoms with E-state index in [1.165, 1.54) is 64.5 Å². The van der Waals surface area contributed by atoms with Crippen molar-refractivity contribution in [3.8, 4) is 0 Å². The molecule has 0 aliphatic carbocycles. The summed E-state index contributed by atoms with van der Waals surface area (Å²) in [5.41, 5.74) is -0.789. The van der Waals surface area contributed by atoms with Gasteiger partial charge >= 0.3 is 0 Å². The molecule has 4 rings (SSSR count). The molecule has 12 nitrogen and oxygen atoms in total. The molecule has 0 radical (unpaired) electrons. The summed E-state index contributed by atoms with van der Waals surface area (Å²) in [6.07, 6.45) is 9.95. The molecule has 0 aromatic carbocycles. The van der Waals surface area contributed by atoms with Gasteiger partial charge in [0, 0.05) is 53.5 Å². The molecule has 0 unspecified atom stereocenters. The highest BCUT2D eigenvalue weighted by Gasteiger charge is 2.28. The van der Waals surface area contributed by atoms with Crippen LogP contribution in [0.3, 0.4) is 0 Å². The number of hydrogen-bond donors (Lipinski definition) is 3. The van der Waals surface area contributed by atoms with E-state index < -0.39 is 0 Å². The number of likely N-dealkylation sites (tertiary alicyclic amines) is 4. The monoisotopic (exact) mass is 838 g/mol. The van der Waals surface area contributed by atoms with Crippen LogP contribution in [0.25, 0.3) is 0 Å². The van der Waals surface area contributed by atoms with Gasteiger partial charge in [0.25, 0.3) is 0 Å². The van der Waals surface area contributed by atoms with Crippen LogP contribution in [0.15, 0.2) is 0 Å². The lowest BCUT2D eigenvalue weighted by atomic mass is 9.92. The van der Waals surface area contributed by atoms with Gasteiger partial charge in [0.2, 0.25) is 23.6 Å². The molecule has 4 aliphatic heterocycles. The van der Waals surface area contributed by atoms with Crippen LogP contribution < -0.4 is 16.0 Å². The van der Waals surface area contributed by atoms with E-state index in [1.54, 1.807) is 6.92 Å². The van der Waals surface area contributed by atoms with Gasteiger partial charge in [-0.1, -0.05) is 69.7 Å². The standard InChI is InChI=1S/C11H22N2O.2C10H20N2O.C9H17NO.C6H12O.CH4/c1-11(2,3)10(14)12-6-9-13-7-4-5-8-13;2*1-10(2,3)11-9(13)8-12-6-4-5-7-12;1-9(2,3)8(11)10-6-4-5-7-10;1-5(7)6(2,3)4;/h4-9H2,1-3H3,(H,12,14);2*4-8H2,1-3H3,(H,11,13);4-7H2,1-3H3;1-4H3;1H4. The molecule has 4 fully saturated rings. The second kappa shape index (κ2) is 27.4. The van der Waals surface area contributed by atoms with E-state index in [9.17, 15) is 24.0 Å². The zero-order valence-electron chi connectivity index (χ0n) is 40.5.